The van der Waals surface area contributed by atoms with E-state index in [1.165, 1.54) is 4.90 Å². The summed E-state index contributed by atoms with van der Waals surface area (Å²) in [5.74, 6) is -0.938. The van der Waals surface area contributed by atoms with Crippen molar-refractivity contribution in [2.24, 2.45) is 0 Å². The topological polar surface area (TPSA) is 69.6 Å². The van der Waals surface area contributed by atoms with Gasteiger partial charge in [-0.2, -0.15) is 0 Å². The molecular weight excluding hydrogens is 232 g/mol. The van der Waals surface area contributed by atoms with Gasteiger partial charge in [0, 0.05) is 12.2 Å². The molecule has 0 unspecified atom stereocenters. The molecule has 1 saturated heterocycles. The molecule has 0 saturated carbocycles. The van der Waals surface area contributed by atoms with Crippen LogP contribution in [-0.4, -0.2) is 34.6 Å². The molecule has 0 spiro atoms. The van der Waals surface area contributed by atoms with Crippen molar-refractivity contribution in [3.63, 3.8) is 0 Å². The first kappa shape index (κ1) is 12.4. The van der Waals surface area contributed by atoms with Crippen molar-refractivity contribution in [3.05, 3.63) is 29.8 Å². The highest BCUT2D eigenvalue weighted by Gasteiger charge is 2.33. The third-order valence-corrected chi connectivity index (χ3v) is 3.10. The molecular formula is C13H16N2O3. The number of aliphatic carboxylic acids is 1. The number of hydrogen-bond acceptors (Lipinski definition) is 2. The molecule has 0 aromatic heterocycles. The molecule has 2 N–H and O–H groups in total. The molecule has 2 amide bonds. The van der Waals surface area contributed by atoms with E-state index < -0.39 is 12.0 Å². The van der Waals surface area contributed by atoms with E-state index in [0.29, 0.717) is 18.7 Å². The fourth-order valence-electron chi connectivity index (χ4n) is 2.10. The van der Waals surface area contributed by atoms with Crippen molar-refractivity contribution in [2.45, 2.75) is 25.8 Å². The maximum atomic E-state index is 12.0. The van der Waals surface area contributed by atoms with Crippen molar-refractivity contribution in [3.8, 4) is 0 Å². The van der Waals surface area contributed by atoms with Crippen LogP contribution in [0.2, 0.25) is 0 Å². The highest BCUT2D eigenvalue weighted by atomic mass is 16.4. The van der Waals surface area contributed by atoms with Crippen LogP contribution in [-0.2, 0) is 4.79 Å². The van der Waals surface area contributed by atoms with Crippen LogP contribution in [0.5, 0.6) is 0 Å². The Hall–Kier alpha value is -2.04. The van der Waals surface area contributed by atoms with E-state index in [9.17, 15) is 9.59 Å². The number of likely N-dealkylation sites (tertiary alicyclic amines) is 1. The van der Waals surface area contributed by atoms with Crippen molar-refractivity contribution < 1.29 is 14.7 Å². The molecule has 96 valence electrons. The summed E-state index contributed by atoms with van der Waals surface area (Å²) < 4.78 is 0. The van der Waals surface area contributed by atoms with Crippen molar-refractivity contribution in [1.82, 2.24) is 4.90 Å². The van der Waals surface area contributed by atoms with Crippen LogP contribution >= 0.6 is 0 Å². The summed E-state index contributed by atoms with van der Waals surface area (Å²) in [7, 11) is 0. The molecule has 1 atom stereocenters. The number of nitrogens with one attached hydrogen (secondary N) is 1. The van der Waals surface area contributed by atoms with E-state index in [2.05, 4.69) is 5.32 Å². The van der Waals surface area contributed by atoms with Crippen LogP contribution in [0, 0.1) is 6.92 Å². The normalized spacial score (nSPS) is 18.7. The fraction of sp³-hybridized carbons (Fsp3) is 0.385. The number of carbonyl (C=O) groups excluding carboxylic acids is 1. The highest BCUT2D eigenvalue weighted by molar-refractivity contribution is 5.92. The molecule has 0 radical (unpaired) electrons. The van der Waals surface area contributed by atoms with Crippen LogP contribution in [0.1, 0.15) is 18.4 Å². The summed E-state index contributed by atoms with van der Waals surface area (Å²) in [6.07, 6.45) is 1.26. The molecule has 5 nitrogen and oxygen atoms in total. The number of aryl methyl sites for hydroxylation is 1. The summed E-state index contributed by atoms with van der Waals surface area (Å²) in [6, 6.07) is 6.36. The van der Waals surface area contributed by atoms with Crippen LogP contribution in [0.15, 0.2) is 24.3 Å². The van der Waals surface area contributed by atoms with Gasteiger partial charge in [0.15, 0.2) is 0 Å². The van der Waals surface area contributed by atoms with E-state index in [1.807, 2.05) is 19.1 Å². The molecule has 0 aliphatic carbocycles. The molecule has 5 heteroatoms. The Bertz CT molecular complexity index is 456. The number of carbonyl (C=O) groups is 2. The Morgan fingerprint density at radius 1 is 1.33 bits per heavy atom. The van der Waals surface area contributed by atoms with Gasteiger partial charge >= 0.3 is 12.0 Å². The van der Waals surface area contributed by atoms with Gasteiger partial charge in [-0.3, -0.25) is 0 Å². The predicted molar refractivity (Wildman–Crippen MR) is 67.6 cm³/mol. The number of amides is 2. The molecule has 2 rings (SSSR count). The Morgan fingerprint density at radius 3 is 2.61 bits per heavy atom. The number of nitrogens with zero attached hydrogens (tertiary/aromatic N) is 1. The lowest BCUT2D eigenvalue weighted by atomic mass is 10.2. The third kappa shape index (κ3) is 2.61. The smallest absolute Gasteiger partial charge is 0.326 e. The van der Waals surface area contributed by atoms with E-state index in [-0.39, 0.29) is 6.03 Å². The second-order valence-electron chi connectivity index (χ2n) is 4.49. The summed E-state index contributed by atoms with van der Waals surface area (Å²) >= 11 is 0. The van der Waals surface area contributed by atoms with Gasteiger partial charge < -0.3 is 15.3 Å². The Morgan fingerprint density at radius 2 is 2.00 bits per heavy atom. The SMILES string of the molecule is Cc1ccc(NC(=O)N2CCC[C@@H]2C(=O)O)cc1. The average Bonchev–Trinajstić information content (AvgIpc) is 2.81. The van der Waals surface area contributed by atoms with E-state index in [4.69, 9.17) is 5.11 Å². The average molecular weight is 248 g/mol. The second-order valence-corrected chi connectivity index (χ2v) is 4.49. The van der Waals surface area contributed by atoms with Crippen molar-refractivity contribution >= 4 is 17.7 Å². The summed E-state index contributed by atoms with van der Waals surface area (Å²) in [5.41, 5.74) is 1.79. The minimum atomic E-state index is -0.938. The first-order valence-corrected chi connectivity index (χ1v) is 5.95. The molecule has 1 aliphatic heterocycles. The lowest BCUT2D eigenvalue weighted by Gasteiger charge is -2.21. The van der Waals surface area contributed by atoms with Crippen LogP contribution in [0.4, 0.5) is 10.5 Å². The number of urea groups is 1. The first-order chi connectivity index (χ1) is 8.58. The van der Waals surface area contributed by atoms with E-state index >= 15 is 0 Å². The van der Waals surface area contributed by atoms with Gasteiger partial charge in [-0.05, 0) is 31.9 Å². The summed E-state index contributed by atoms with van der Waals surface area (Å²) in [5, 5.41) is 11.7. The Kier molecular flexibility index (Phi) is 3.50. The van der Waals surface area contributed by atoms with Crippen molar-refractivity contribution in [1.29, 1.82) is 0 Å². The molecule has 0 bridgehead atoms. The Balaban J connectivity index is 2.03. The van der Waals surface area contributed by atoms with Gasteiger partial charge in [0.1, 0.15) is 6.04 Å². The van der Waals surface area contributed by atoms with Gasteiger partial charge in [-0.25, -0.2) is 9.59 Å². The zero-order valence-electron chi connectivity index (χ0n) is 10.2. The molecule has 18 heavy (non-hydrogen) atoms. The largest absolute Gasteiger partial charge is 0.480 e. The number of rotatable bonds is 2. The summed E-state index contributed by atoms with van der Waals surface area (Å²) in [4.78, 5) is 24.3. The van der Waals surface area contributed by atoms with Gasteiger partial charge in [-0.1, -0.05) is 17.7 Å². The van der Waals surface area contributed by atoms with Crippen molar-refractivity contribution in [2.75, 3.05) is 11.9 Å². The second kappa shape index (κ2) is 5.08. The number of carboxylic acids is 1. The van der Waals surface area contributed by atoms with Gasteiger partial charge in [0.05, 0.1) is 0 Å². The lowest BCUT2D eigenvalue weighted by Crippen LogP contribution is -2.42. The van der Waals surface area contributed by atoms with Crippen LogP contribution in [0.25, 0.3) is 0 Å². The number of hydrogen-bond donors (Lipinski definition) is 2. The minimum absolute atomic E-state index is 0.344. The maximum Gasteiger partial charge on any atom is 0.326 e. The standard InChI is InChI=1S/C13H16N2O3/c1-9-4-6-10(7-5-9)14-13(18)15-8-2-3-11(15)12(16)17/h4-7,11H,2-3,8H2,1H3,(H,14,18)(H,16,17)/t11-/m1/s1. The lowest BCUT2D eigenvalue weighted by molar-refractivity contribution is -0.141. The van der Waals surface area contributed by atoms with Gasteiger partial charge in [0.2, 0.25) is 0 Å². The monoisotopic (exact) mass is 248 g/mol. The van der Waals surface area contributed by atoms with E-state index in [1.54, 1.807) is 12.1 Å². The highest BCUT2D eigenvalue weighted by Crippen LogP contribution is 2.19. The Labute approximate surface area is 105 Å². The fourth-order valence-corrected chi connectivity index (χ4v) is 2.10. The number of carboxylic acid groups (broad SMARTS) is 1. The third-order valence-electron chi connectivity index (χ3n) is 3.10. The van der Waals surface area contributed by atoms with Crippen LogP contribution < -0.4 is 5.32 Å². The predicted octanol–water partition coefficient (Wildman–Crippen LogP) is 2.08. The molecule has 1 aromatic rings. The molecule has 1 heterocycles. The van der Waals surface area contributed by atoms with E-state index in [0.717, 1.165) is 12.0 Å². The zero-order valence-corrected chi connectivity index (χ0v) is 10.2. The van der Waals surface area contributed by atoms with Gasteiger partial charge in [-0.15, -0.1) is 0 Å². The maximum absolute atomic E-state index is 12.0. The van der Waals surface area contributed by atoms with Crippen LogP contribution in [0.3, 0.4) is 0 Å². The molecule has 1 aromatic carbocycles. The minimum Gasteiger partial charge on any atom is -0.480 e. The summed E-state index contributed by atoms with van der Waals surface area (Å²) in [6.45, 7) is 2.46. The quantitative estimate of drug-likeness (QED) is 0.841. The number of benzene rings is 1. The van der Waals surface area contributed by atoms with Gasteiger partial charge in [0.25, 0.3) is 0 Å². The molecule has 1 aliphatic rings. The number of anilines is 1. The molecule has 1 fully saturated rings. The zero-order chi connectivity index (χ0) is 13.1. The first-order valence-electron chi connectivity index (χ1n) is 5.95.